The summed E-state index contributed by atoms with van der Waals surface area (Å²) in [5.41, 5.74) is 1.42. The van der Waals surface area contributed by atoms with Crippen molar-refractivity contribution in [1.29, 1.82) is 0 Å². The molecule has 2 nitrogen and oxygen atoms in total. The van der Waals surface area contributed by atoms with Gasteiger partial charge >= 0.3 is 0 Å². The normalized spacial score (nSPS) is 11.0. The molecule has 0 heterocycles. The number of hydrogen-bond acceptors (Lipinski definition) is 2. The van der Waals surface area contributed by atoms with Gasteiger partial charge < -0.3 is 5.32 Å². The molecule has 0 saturated heterocycles. The molecule has 0 unspecified atom stereocenters. The first kappa shape index (κ1) is 14.2. The lowest BCUT2D eigenvalue weighted by Gasteiger charge is -2.21. The molecule has 0 fully saturated rings. The van der Waals surface area contributed by atoms with Crippen molar-refractivity contribution in [3.63, 3.8) is 0 Å². The summed E-state index contributed by atoms with van der Waals surface area (Å²) < 4.78 is 0. The van der Waals surface area contributed by atoms with E-state index in [0.717, 1.165) is 19.6 Å². The average Bonchev–Trinajstić information content (AvgIpc) is 2.36. The smallest absolute Gasteiger partial charge is 0.0233 e. The molecule has 0 spiro atoms. The van der Waals surface area contributed by atoms with E-state index in [4.69, 9.17) is 0 Å². The van der Waals surface area contributed by atoms with Gasteiger partial charge in [0, 0.05) is 6.54 Å². The first-order valence-electron chi connectivity index (χ1n) is 6.83. The van der Waals surface area contributed by atoms with Crippen LogP contribution in [-0.4, -0.2) is 31.1 Å². The lowest BCUT2D eigenvalue weighted by molar-refractivity contribution is 0.261. The van der Waals surface area contributed by atoms with Crippen molar-refractivity contribution < 1.29 is 0 Å². The minimum atomic E-state index is 1.08. The topological polar surface area (TPSA) is 15.3 Å². The van der Waals surface area contributed by atoms with Crippen LogP contribution in [0.1, 0.15) is 32.3 Å². The Hall–Kier alpha value is -0.860. The minimum Gasteiger partial charge on any atom is -0.317 e. The Morgan fingerprint density at radius 3 is 2.47 bits per heavy atom. The fourth-order valence-corrected chi connectivity index (χ4v) is 2.03. The molecule has 1 aromatic rings. The molecule has 2 heteroatoms. The molecular formula is C15H26N2. The summed E-state index contributed by atoms with van der Waals surface area (Å²) in [6.45, 7) is 10.1. The molecule has 0 aliphatic carbocycles. The van der Waals surface area contributed by atoms with Gasteiger partial charge in [0.1, 0.15) is 0 Å². The van der Waals surface area contributed by atoms with E-state index in [1.807, 2.05) is 0 Å². The highest BCUT2D eigenvalue weighted by atomic mass is 15.1. The summed E-state index contributed by atoms with van der Waals surface area (Å²) in [5.74, 6) is 0. The quantitative estimate of drug-likeness (QED) is 0.661. The Kier molecular flexibility index (Phi) is 7.69. The molecule has 0 radical (unpaired) electrons. The fraction of sp³-hybridized carbons (Fsp3) is 0.600. The maximum Gasteiger partial charge on any atom is 0.0233 e. The van der Waals surface area contributed by atoms with Crippen LogP contribution in [0.4, 0.5) is 0 Å². The van der Waals surface area contributed by atoms with Gasteiger partial charge in [-0.25, -0.2) is 0 Å². The second-order valence-corrected chi connectivity index (χ2v) is 4.47. The zero-order valence-electron chi connectivity index (χ0n) is 11.3. The maximum atomic E-state index is 3.38. The Bertz CT molecular complexity index is 272. The predicted molar refractivity (Wildman–Crippen MR) is 75.2 cm³/mol. The molecule has 17 heavy (non-hydrogen) atoms. The van der Waals surface area contributed by atoms with Crippen LogP contribution in [0.15, 0.2) is 30.3 Å². The summed E-state index contributed by atoms with van der Waals surface area (Å²) in [6, 6.07) is 10.8. The number of nitrogens with one attached hydrogen (secondary N) is 1. The molecule has 0 aliphatic heterocycles. The molecule has 0 aromatic heterocycles. The molecule has 1 rings (SSSR count). The summed E-state index contributed by atoms with van der Waals surface area (Å²) in [7, 11) is 0. The minimum absolute atomic E-state index is 1.08. The SMILES string of the molecule is CCCN(CCCNCC)Cc1ccccc1. The molecule has 0 saturated carbocycles. The molecule has 1 aromatic carbocycles. The zero-order valence-corrected chi connectivity index (χ0v) is 11.3. The van der Waals surface area contributed by atoms with E-state index in [9.17, 15) is 0 Å². The van der Waals surface area contributed by atoms with Gasteiger partial charge in [-0.15, -0.1) is 0 Å². The first-order valence-corrected chi connectivity index (χ1v) is 6.83. The third-order valence-electron chi connectivity index (χ3n) is 2.87. The third-order valence-corrected chi connectivity index (χ3v) is 2.87. The van der Waals surface area contributed by atoms with Gasteiger partial charge in [0.25, 0.3) is 0 Å². The molecule has 0 aliphatic rings. The molecule has 0 bridgehead atoms. The van der Waals surface area contributed by atoms with Crippen LogP contribution < -0.4 is 5.32 Å². The fourth-order valence-electron chi connectivity index (χ4n) is 2.03. The second kappa shape index (κ2) is 9.20. The van der Waals surface area contributed by atoms with Gasteiger partial charge in [-0.1, -0.05) is 44.2 Å². The second-order valence-electron chi connectivity index (χ2n) is 4.47. The van der Waals surface area contributed by atoms with E-state index in [2.05, 4.69) is 54.4 Å². The van der Waals surface area contributed by atoms with Gasteiger partial charge in [0.05, 0.1) is 0 Å². The van der Waals surface area contributed by atoms with Crippen LogP contribution in [-0.2, 0) is 6.54 Å². The van der Waals surface area contributed by atoms with Crippen molar-refractivity contribution in [3.8, 4) is 0 Å². The Labute approximate surface area is 106 Å². The Balaban J connectivity index is 2.32. The standard InChI is InChI=1S/C15H26N2/c1-3-12-17(13-8-11-16-4-2)14-15-9-6-5-7-10-15/h5-7,9-10,16H,3-4,8,11-14H2,1-2H3. The van der Waals surface area contributed by atoms with Gasteiger partial charge in [0.15, 0.2) is 0 Å². The van der Waals surface area contributed by atoms with E-state index < -0.39 is 0 Å². The highest BCUT2D eigenvalue weighted by molar-refractivity contribution is 5.14. The van der Waals surface area contributed by atoms with E-state index in [1.165, 1.54) is 31.5 Å². The molecular weight excluding hydrogens is 208 g/mol. The van der Waals surface area contributed by atoms with Crippen LogP contribution >= 0.6 is 0 Å². The molecule has 1 N–H and O–H groups in total. The van der Waals surface area contributed by atoms with Crippen LogP contribution in [0.25, 0.3) is 0 Å². The number of rotatable bonds is 9. The number of benzene rings is 1. The Morgan fingerprint density at radius 1 is 1.06 bits per heavy atom. The van der Waals surface area contributed by atoms with Gasteiger partial charge in [-0.05, 0) is 44.6 Å². The number of nitrogens with zero attached hydrogens (tertiary/aromatic N) is 1. The summed E-state index contributed by atoms with van der Waals surface area (Å²) in [6.07, 6.45) is 2.47. The average molecular weight is 234 g/mol. The third kappa shape index (κ3) is 6.44. The van der Waals surface area contributed by atoms with E-state index in [-0.39, 0.29) is 0 Å². The number of hydrogen-bond donors (Lipinski definition) is 1. The van der Waals surface area contributed by atoms with Crippen LogP contribution in [0.5, 0.6) is 0 Å². The van der Waals surface area contributed by atoms with E-state index in [1.54, 1.807) is 0 Å². The van der Waals surface area contributed by atoms with E-state index >= 15 is 0 Å². The van der Waals surface area contributed by atoms with Crippen molar-refractivity contribution in [2.75, 3.05) is 26.2 Å². The lowest BCUT2D eigenvalue weighted by atomic mass is 10.2. The summed E-state index contributed by atoms with van der Waals surface area (Å²) in [5, 5.41) is 3.38. The van der Waals surface area contributed by atoms with Crippen molar-refractivity contribution in [1.82, 2.24) is 10.2 Å². The lowest BCUT2D eigenvalue weighted by Crippen LogP contribution is -2.28. The largest absolute Gasteiger partial charge is 0.317 e. The predicted octanol–water partition coefficient (Wildman–Crippen LogP) is 2.90. The highest BCUT2D eigenvalue weighted by Crippen LogP contribution is 2.05. The zero-order chi connectivity index (χ0) is 12.3. The summed E-state index contributed by atoms with van der Waals surface area (Å²) >= 11 is 0. The van der Waals surface area contributed by atoms with Crippen molar-refractivity contribution in [3.05, 3.63) is 35.9 Å². The van der Waals surface area contributed by atoms with Gasteiger partial charge in [0.2, 0.25) is 0 Å². The molecule has 96 valence electrons. The first-order chi connectivity index (χ1) is 8.36. The van der Waals surface area contributed by atoms with Gasteiger partial charge in [-0.2, -0.15) is 0 Å². The maximum absolute atomic E-state index is 3.38. The van der Waals surface area contributed by atoms with Crippen molar-refractivity contribution in [2.24, 2.45) is 0 Å². The molecule has 0 amide bonds. The monoisotopic (exact) mass is 234 g/mol. The Morgan fingerprint density at radius 2 is 1.82 bits per heavy atom. The summed E-state index contributed by atoms with van der Waals surface area (Å²) in [4.78, 5) is 2.55. The van der Waals surface area contributed by atoms with Crippen LogP contribution in [0.3, 0.4) is 0 Å². The van der Waals surface area contributed by atoms with Gasteiger partial charge in [-0.3, -0.25) is 4.90 Å². The highest BCUT2D eigenvalue weighted by Gasteiger charge is 2.04. The van der Waals surface area contributed by atoms with E-state index in [0.29, 0.717) is 0 Å². The van der Waals surface area contributed by atoms with Crippen LogP contribution in [0.2, 0.25) is 0 Å². The van der Waals surface area contributed by atoms with Crippen molar-refractivity contribution in [2.45, 2.75) is 33.2 Å². The molecule has 0 atom stereocenters. The van der Waals surface area contributed by atoms with Crippen LogP contribution in [0, 0.1) is 0 Å². The van der Waals surface area contributed by atoms with Crippen molar-refractivity contribution >= 4 is 0 Å².